The SMILES string of the molecule is O[C@@H]1[C@H](O)[C@H](O)O[C@@H]2CO[C@H](c3ccccc3)O[C@H]12. The molecule has 3 N–H and O–H groups in total. The first kappa shape index (κ1) is 13.0. The molecule has 0 aromatic heterocycles. The van der Waals surface area contributed by atoms with Crippen LogP contribution in [0.5, 0.6) is 0 Å². The van der Waals surface area contributed by atoms with E-state index in [4.69, 9.17) is 14.2 Å². The minimum absolute atomic E-state index is 0.186. The monoisotopic (exact) mass is 268 g/mol. The Morgan fingerprint density at radius 2 is 1.68 bits per heavy atom. The van der Waals surface area contributed by atoms with Crippen LogP contribution in [0.15, 0.2) is 30.3 Å². The summed E-state index contributed by atoms with van der Waals surface area (Å²) >= 11 is 0. The van der Waals surface area contributed by atoms with Crippen molar-refractivity contribution in [1.82, 2.24) is 0 Å². The van der Waals surface area contributed by atoms with Gasteiger partial charge in [0.25, 0.3) is 0 Å². The predicted molar refractivity (Wildman–Crippen MR) is 62.9 cm³/mol. The third-order valence-corrected chi connectivity index (χ3v) is 3.42. The fourth-order valence-electron chi connectivity index (χ4n) is 2.37. The molecule has 19 heavy (non-hydrogen) atoms. The first-order chi connectivity index (χ1) is 9.16. The normalized spacial score (nSPS) is 42.7. The Kier molecular flexibility index (Phi) is 3.53. The number of rotatable bonds is 1. The van der Waals surface area contributed by atoms with E-state index in [0.717, 1.165) is 5.56 Å². The lowest BCUT2D eigenvalue weighted by atomic mass is 9.98. The van der Waals surface area contributed by atoms with E-state index in [1.165, 1.54) is 0 Å². The molecule has 1 aromatic rings. The van der Waals surface area contributed by atoms with Crippen LogP contribution in [0.25, 0.3) is 0 Å². The second-order valence-electron chi connectivity index (χ2n) is 4.72. The average molecular weight is 268 g/mol. The molecule has 0 bridgehead atoms. The second-order valence-corrected chi connectivity index (χ2v) is 4.72. The third kappa shape index (κ3) is 2.38. The molecule has 0 unspecified atom stereocenters. The molecule has 2 saturated heterocycles. The smallest absolute Gasteiger partial charge is 0.184 e. The van der Waals surface area contributed by atoms with Crippen molar-refractivity contribution in [1.29, 1.82) is 0 Å². The van der Waals surface area contributed by atoms with Gasteiger partial charge >= 0.3 is 0 Å². The minimum Gasteiger partial charge on any atom is -0.387 e. The molecule has 1 aromatic carbocycles. The van der Waals surface area contributed by atoms with Crippen molar-refractivity contribution in [2.24, 2.45) is 0 Å². The van der Waals surface area contributed by atoms with Gasteiger partial charge in [0.15, 0.2) is 12.6 Å². The molecule has 2 aliphatic heterocycles. The van der Waals surface area contributed by atoms with Crippen LogP contribution in [0.4, 0.5) is 0 Å². The molecule has 2 fully saturated rings. The van der Waals surface area contributed by atoms with Crippen LogP contribution in [-0.4, -0.2) is 52.6 Å². The maximum atomic E-state index is 9.94. The fourth-order valence-corrected chi connectivity index (χ4v) is 2.37. The Morgan fingerprint density at radius 1 is 0.947 bits per heavy atom. The number of hydrogen-bond acceptors (Lipinski definition) is 6. The summed E-state index contributed by atoms with van der Waals surface area (Å²) in [5, 5.41) is 29.0. The highest BCUT2D eigenvalue weighted by atomic mass is 16.7. The summed E-state index contributed by atoms with van der Waals surface area (Å²) < 4.78 is 16.3. The quantitative estimate of drug-likeness (QED) is 0.639. The summed E-state index contributed by atoms with van der Waals surface area (Å²) in [4.78, 5) is 0. The van der Waals surface area contributed by atoms with Crippen molar-refractivity contribution < 1.29 is 29.5 Å². The standard InChI is InChI=1S/C13H16O6/c14-9-10(15)12(16)18-8-6-17-13(19-11(8)9)7-4-2-1-3-5-7/h1-5,8-16H,6H2/t8-,9-,10+,11+,12-,13+/m1/s1. The van der Waals surface area contributed by atoms with E-state index in [-0.39, 0.29) is 6.61 Å². The van der Waals surface area contributed by atoms with E-state index in [0.29, 0.717) is 0 Å². The summed E-state index contributed by atoms with van der Waals surface area (Å²) in [6.07, 6.45) is -5.93. The minimum atomic E-state index is -1.42. The largest absolute Gasteiger partial charge is 0.387 e. The summed E-state index contributed by atoms with van der Waals surface area (Å²) in [7, 11) is 0. The van der Waals surface area contributed by atoms with Crippen LogP contribution in [0, 0.1) is 0 Å². The van der Waals surface area contributed by atoms with Crippen LogP contribution < -0.4 is 0 Å². The van der Waals surface area contributed by atoms with Gasteiger partial charge in [-0.05, 0) is 0 Å². The van der Waals surface area contributed by atoms with Crippen molar-refractivity contribution in [3.05, 3.63) is 35.9 Å². The molecule has 0 aliphatic carbocycles. The van der Waals surface area contributed by atoms with Gasteiger partial charge in [0, 0.05) is 5.56 Å². The molecule has 0 amide bonds. The molecule has 104 valence electrons. The zero-order chi connectivity index (χ0) is 13.4. The van der Waals surface area contributed by atoms with E-state index >= 15 is 0 Å². The number of ether oxygens (including phenoxy) is 3. The van der Waals surface area contributed by atoms with E-state index < -0.39 is 37.0 Å². The van der Waals surface area contributed by atoms with Crippen LogP contribution in [0.2, 0.25) is 0 Å². The summed E-state index contributed by atoms with van der Waals surface area (Å²) in [5.41, 5.74) is 0.828. The molecular formula is C13H16O6. The predicted octanol–water partition coefficient (Wildman–Crippen LogP) is -0.460. The lowest BCUT2D eigenvalue weighted by Crippen LogP contribution is -2.61. The van der Waals surface area contributed by atoms with E-state index in [2.05, 4.69) is 0 Å². The topological polar surface area (TPSA) is 88.4 Å². The molecule has 2 heterocycles. The fraction of sp³-hybridized carbons (Fsp3) is 0.538. The number of aliphatic hydroxyl groups is 3. The molecular weight excluding hydrogens is 252 g/mol. The van der Waals surface area contributed by atoms with Crippen LogP contribution in [-0.2, 0) is 14.2 Å². The Morgan fingerprint density at radius 3 is 2.42 bits per heavy atom. The lowest BCUT2D eigenvalue weighted by Gasteiger charge is -2.45. The van der Waals surface area contributed by atoms with Gasteiger partial charge in [-0.1, -0.05) is 30.3 Å². The van der Waals surface area contributed by atoms with Crippen molar-refractivity contribution in [2.45, 2.75) is 37.0 Å². The van der Waals surface area contributed by atoms with E-state index in [9.17, 15) is 15.3 Å². The Bertz CT molecular complexity index is 422. The molecule has 2 aliphatic rings. The Hall–Kier alpha value is -1.02. The zero-order valence-electron chi connectivity index (χ0n) is 10.1. The van der Waals surface area contributed by atoms with Crippen molar-refractivity contribution in [3.8, 4) is 0 Å². The number of fused-ring (bicyclic) bond motifs is 1. The van der Waals surface area contributed by atoms with Gasteiger partial charge in [0.2, 0.25) is 0 Å². The highest BCUT2D eigenvalue weighted by Gasteiger charge is 2.48. The van der Waals surface area contributed by atoms with Crippen molar-refractivity contribution in [3.63, 3.8) is 0 Å². The number of aliphatic hydroxyl groups excluding tert-OH is 3. The van der Waals surface area contributed by atoms with Gasteiger partial charge in [-0.25, -0.2) is 0 Å². The van der Waals surface area contributed by atoms with Gasteiger partial charge in [0.1, 0.15) is 24.4 Å². The first-order valence-electron chi connectivity index (χ1n) is 6.18. The first-order valence-corrected chi connectivity index (χ1v) is 6.18. The molecule has 0 spiro atoms. The van der Waals surface area contributed by atoms with Crippen molar-refractivity contribution in [2.75, 3.05) is 6.61 Å². The highest BCUT2D eigenvalue weighted by molar-refractivity contribution is 5.16. The maximum absolute atomic E-state index is 9.94. The Labute approximate surface area is 110 Å². The molecule has 3 rings (SSSR count). The van der Waals surface area contributed by atoms with Gasteiger partial charge in [0.05, 0.1) is 6.61 Å². The van der Waals surface area contributed by atoms with E-state index in [1.54, 1.807) is 0 Å². The highest BCUT2D eigenvalue weighted by Crippen LogP contribution is 2.33. The van der Waals surface area contributed by atoms with Crippen LogP contribution in [0.1, 0.15) is 11.9 Å². The summed E-state index contributed by atoms with van der Waals surface area (Å²) in [6, 6.07) is 9.31. The van der Waals surface area contributed by atoms with Crippen molar-refractivity contribution >= 4 is 0 Å². The number of benzene rings is 1. The Balaban J connectivity index is 1.75. The molecule has 6 atom stereocenters. The lowest BCUT2D eigenvalue weighted by molar-refractivity contribution is -0.354. The van der Waals surface area contributed by atoms with Gasteiger partial charge in [-0.3, -0.25) is 0 Å². The van der Waals surface area contributed by atoms with Gasteiger partial charge in [-0.2, -0.15) is 0 Å². The molecule has 0 radical (unpaired) electrons. The molecule has 0 saturated carbocycles. The maximum Gasteiger partial charge on any atom is 0.184 e. The summed E-state index contributed by atoms with van der Waals surface area (Å²) in [6.45, 7) is 0.186. The molecule has 6 heteroatoms. The van der Waals surface area contributed by atoms with E-state index in [1.807, 2.05) is 30.3 Å². The zero-order valence-corrected chi connectivity index (χ0v) is 10.1. The second kappa shape index (κ2) is 5.16. The number of hydrogen-bond donors (Lipinski definition) is 3. The van der Waals surface area contributed by atoms with Gasteiger partial charge < -0.3 is 29.5 Å². The third-order valence-electron chi connectivity index (χ3n) is 3.42. The van der Waals surface area contributed by atoms with Gasteiger partial charge in [-0.15, -0.1) is 0 Å². The average Bonchev–Trinajstić information content (AvgIpc) is 2.46. The van der Waals surface area contributed by atoms with Crippen LogP contribution >= 0.6 is 0 Å². The molecule has 6 nitrogen and oxygen atoms in total. The van der Waals surface area contributed by atoms with Crippen LogP contribution in [0.3, 0.4) is 0 Å². The summed E-state index contributed by atoms with van der Waals surface area (Å²) in [5.74, 6) is 0.